The maximum atomic E-state index is 5.64. The highest BCUT2D eigenvalue weighted by atomic mass is 16.5. The molecule has 2 rings (SSSR count). The molecule has 0 saturated carbocycles. The van der Waals surface area contributed by atoms with Gasteiger partial charge in [0.1, 0.15) is 5.82 Å². The van der Waals surface area contributed by atoms with Gasteiger partial charge in [0, 0.05) is 32.9 Å². The van der Waals surface area contributed by atoms with Crippen molar-refractivity contribution < 1.29 is 4.74 Å². The molecule has 1 atom stereocenters. The fourth-order valence-corrected chi connectivity index (χ4v) is 1.72. The lowest BCUT2D eigenvalue weighted by Crippen LogP contribution is -2.44. The molecule has 1 aromatic rings. The number of nitrogens with zero attached hydrogens (tertiary/aromatic N) is 2. The van der Waals surface area contributed by atoms with E-state index < -0.39 is 0 Å². The first-order chi connectivity index (χ1) is 7.36. The summed E-state index contributed by atoms with van der Waals surface area (Å²) < 4.78 is 5.64. The summed E-state index contributed by atoms with van der Waals surface area (Å²) in [4.78, 5) is 6.42. The summed E-state index contributed by atoms with van der Waals surface area (Å²) in [5.74, 6) is 0.992. The van der Waals surface area contributed by atoms with Crippen LogP contribution in [0.4, 0.5) is 5.82 Å². The minimum atomic E-state index is 0.269. The summed E-state index contributed by atoms with van der Waals surface area (Å²) in [5.41, 5.74) is 0. The monoisotopic (exact) mass is 207 g/mol. The number of nitrogens with one attached hydrogen (secondary N) is 1. The first-order valence-corrected chi connectivity index (χ1v) is 5.31. The number of aromatic nitrogens is 1. The molecule has 15 heavy (non-hydrogen) atoms. The minimum absolute atomic E-state index is 0.269. The van der Waals surface area contributed by atoms with E-state index >= 15 is 0 Å². The van der Waals surface area contributed by atoms with Gasteiger partial charge in [-0.1, -0.05) is 6.07 Å². The Morgan fingerprint density at radius 1 is 1.60 bits per heavy atom. The first-order valence-electron chi connectivity index (χ1n) is 5.31. The van der Waals surface area contributed by atoms with Crippen molar-refractivity contribution in [2.24, 2.45) is 0 Å². The van der Waals surface area contributed by atoms with Crippen molar-refractivity contribution in [1.82, 2.24) is 10.3 Å². The summed E-state index contributed by atoms with van der Waals surface area (Å²) in [5, 5.41) is 3.32. The smallest absolute Gasteiger partial charge is 0.128 e. The lowest BCUT2D eigenvalue weighted by atomic mass is 10.3. The maximum Gasteiger partial charge on any atom is 0.128 e. The predicted octanol–water partition coefficient (Wildman–Crippen LogP) is 0.506. The van der Waals surface area contributed by atoms with Crippen LogP contribution in [0, 0.1) is 0 Å². The normalized spacial score (nSPS) is 21.3. The van der Waals surface area contributed by atoms with Crippen LogP contribution in [0.3, 0.4) is 0 Å². The maximum absolute atomic E-state index is 5.64. The quantitative estimate of drug-likeness (QED) is 0.783. The molecule has 1 aromatic heterocycles. The Hall–Kier alpha value is -1.13. The molecule has 4 heteroatoms. The van der Waals surface area contributed by atoms with Crippen LogP contribution in [0.15, 0.2) is 24.4 Å². The van der Waals surface area contributed by atoms with Gasteiger partial charge in [0.15, 0.2) is 0 Å². The van der Waals surface area contributed by atoms with E-state index in [2.05, 4.69) is 15.2 Å². The second-order valence-electron chi connectivity index (χ2n) is 3.77. The summed E-state index contributed by atoms with van der Waals surface area (Å²) in [6.07, 6.45) is 2.08. The zero-order valence-electron chi connectivity index (χ0n) is 9.02. The highest BCUT2D eigenvalue weighted by molar-refractivity contribution is 5.36. The van der Waals surface area contributed by atoms with Gasteiger partial charge in [0.2, 0.25) is 0 Å². The Morgan fingerprint density at radius 2 is 2.53 bits per heavy atom. The molecule has 1 unspecified atom stereocenters. The second-order valence-corrected chi connectivity index (χ2v) is 3.77. The summed E-state index contributed by atoms with van der Waals surface area (Å²) in [7, 11) is 2.04. The van der Waals surface area contributed by atoms with Gasteiger partial charge in [-0.3, -0.25) is 0 Å². The molecule has 0 bridgehead atoms. The zero-order chi connectivity index (χ0) is 10.5. The molecule has 0 radical (unpaired) electrons. The number of anilines is 1. The fraction of sp³-hybridized carbons (Fsp3) is 0.545. The van der Waals surface area contributed by atoms with E-state index in [0.29, 0.717) is 0 Å². The average Bonchev–Trinajstić information content (AvgIpc) is 2.31. The molecule has 0 aliphatic carbocycles. The molecular formula is C11H17N3O. The van der Waals surface area contributed by atoms with Crippen molar-refractivity contribution >= 4 is 5.82 Å². The molecule has 1 N–H and O–H groups in total. The summed E-state index contributed by atoms with van der Waals surface area (Å²) in [6, 6.07) is 5.94. The Labute approximate surface area is 90.3 Å². The molecule has 4 nitrogen and oxygen atoms in total. The molecule has 1 aliphatic rings. The van der Waals surface area contributed by atoms with Gasteiger partial charge in [-0.05, 0) is 12.1 Å². The molecular weight excluding hydrogens is 190 g/mol. The Balaban J connectivity index is 1.88. The number of pyridine rings is 1. The highest BCUT2D eigenvalue weighted by Crippen LogP contribution is 2.08. The lowest BCUT2D eigenvalue weighted by molar-refractivity contribution is 0.0339. The number of rotatable bonds is 3. The van der Waals surface area contributed by atoms with Gasteiger partial charge in [0.05, 0.1) is 12.7 Å². The fourth-order valence-electron chi connectivity index (χ4n) is 1.72. The van der Waals surface area contributed by atoms with E-state index in [4.69, 9.17) is 4.74 Å². The van der Waals surface area contributed by atoms with Gasteiger partial charge >= 0.3 is 0 Å². The summed E-state index contributed by atoms with van der Waals surface area (Å²) >= 11 is 0. The first kappa shape index (κ1) is 10.4. The van der Waals surface area contributed by atoms with Crippen LogP contribution in [0.5, 0.6) is 0 Å². The Morgan fingerprint density at radius 3 is 3.20 bits per heavy atom. The molecule has 1 saturated heterocycles. The van der Waals surface area contributed by atoms with E-state index in [-0.39, 0.29) is 6.10 Å². The average molecular weight is 207 g/mol. The Bertz CT molecular complexity index is 285. The second kappa shape index (κ2) is 5.09. The largest absolute Gasteiger partial charge is 0.374 e. The van der Waals surface area contributed by atoms with Crippen molar-refractivity contribution in [3.63, 3.8) is 0 Å². The van der Waals surface area contributed by atoms with Crippen LogP contribution >= 0.6 is 0 Å². The standard InChI is InChI=1S/C11H17N3O/c1-14(11-4-2-3-5-13-11)9-10-8-12-6-7-15-10/h2-5,10,12H,6-9H2,1H3. The van der Waals surface area contributed by atoms with Crippen LogP contribution in [0.25, 0.3) is 0 Å². The third-order valence-corrected chi connectivity index (χ3v) is 2.52. The van der Waals surface area contributed by atoms with Crippen molar-refractivity contribution in [2.75, 3.05) is 38.2 Å². The molecule has 2 heterocycles. The third kappa shape index (κ3) is 2.91. The van der Waals surface area contributed by atoms with Crippen LogP contribution in [-0.4, -0.2) is 44.4 Å². The molecule has 82 valence electrons. The van der Waals surface area contributed by atoms with Crippen molar-refractivity contribution in [3.8, 4) is 0 Å². The van der Waals surface area contributed by atoms with Crippen LogP contribution < -0.4 is 10.2 Å². The Kier molecular flexibility index (Phi) is 3.53. The van der Waals surface area contributed by atoms with Crippen molar-refractivity contribution in [2.45, 2.75) is 6.10 Å². The zero-order valence-corrected chi connectivity index (χ0v) is 9.02. The lowest BCUT2D eigenvalue weighted by Gasteiger charge is -2.28. The minimum Gasteiger partial charge on any atom is -0.374 e. The van der Waals surface area contributed by atoms with Crippen molar-refractivity contribution in [1.29, 1.82) is 0 Å². The summed E-state index contributed by atoms with van der Waals surface area (Å²) in [6.45, 7) is 3.58. The van der Waals surface area contributed by atoms with E-state index in [1.165, 1.54) is 0 Å². The van der Waals surface area contributed by atoms with Gasteiger partial charge in [-0.25, -0.2) is 4.98 Å². The molecule has 0 amide bonds. The molecule has 1 fully saturated rings. The molecule has 0 aromatic carbocycles. The van der Waals surface area contributed by atoms with E-state index in [1.54, 1.807) is 0 Å². The van der Waals surface area contributed by atoms with Gasteiger partial charge < -0.3 is 15.0 Å². The SMILES string of the molecule is CN(CC1CNCCO1)c1ccccn1. The van der Waals surface area contributed by atoms with Crippen molar-refractivity contribution in [3.05, 3.63) is 24.4 Å². The van der Waals surface area contributed by atoms with E-state index in [9.17, 15) is 0 Å². The number of ether oxygens (including phenoxy) is 1. The molecule has 1 aliphatic heterocycles. The number of likely N-dealkylation sites (N-methyl/N-ethyl adjacent to an activating group) is 1. The van der Waals surface area contributed by atoms with E-state index in [0.717, 1.165) is 32.1 Å². The van der Waals surface area contributed by atoms with Crippen LogP contribution in [0.2, 0.25) is 0 Å². The van der Waals surface area contributed by atoms with Gasteiger partial charge in [0.25, 0.3) is 0 Å². The highest BCUT2D eigenvalue weighted by Gasteiger charge is 2.15. The van der Waals surface area contributed by atoms with E-state index in [1.807, 2.05) is 31.4 Å². The molecule has 0 spiro atoms. The topological polar surface area (TPSA) is 37.4 Å². The number of hydrogen-bond acceptors (Lipinski definition) is 4. The predicted molar refractivity (Wildman–Crippen MR) is 60.1 cm³/mol. The number of hydrogen-bond donors (Lipinski definition) is 1. The third-order valence-electron chi connectivity index (χ3n) is 2.52. The van der Waals surface area contributed by atoms with Gasteiger partial charge in [-0.15, -0.1) is 0 Å². The van der Waals surface area contributed by atoms with Crippen LogP contribution in [0.1, 0.15) is 0 Å². The van der Waals surface area contributed by atoms with Gasteiger partial charge in [-0.2, -0.15) is 0 Å². The number of morpholine rings is 1. The van der Waals surface area contributed by atoms with Crippen LogP contribution in [-0.2, 0) is 4.74 Å².